The average molecular weight is 359 g/mol. The summed E-state index contributed by atoms with van der Waals surface area (Å²) < 4.78 is 35.6. The number of ether oxygens (including phenoxy) is 1. The van der Waals surface area contributed by atoms with Gasteiger partial charge in [0.15, 0.2) is 0 Å². The summed E-state index contributed by atoms with van der Waals surface area (Å²) in [6.45, 7) is 2.75. The Bertz CT molecular complexity index is 524. The van der Waals surface area contributed by atoms with E-state index in [9.17, 15) is 8.42 Å². The molecule has 3 rings (SSSR count). The third-order valence-electron chi connectivity index (χ3n) is 6.90. The van der Waals surface area contributed by atoms with E-state index in [1.165, 1.54) is 19.3 Å². The molecule has 0 aromatic rings. The topological polar surface area (TPSA) is 49.9 Å². The molecule has 1 spiro atoms. The van der Waals surface area contributed by atoms with Gasteiger partial charge in [-0.1, -0.05) is 32.1 Å². The van der Waals surface area contributed by atoms with Crippen molar-refractivity contribution in [2.24, 2.45) is 5.41 Å². The normalized spacial score (nSPS) is 31.0. The summed E-state index contributed by atoms with van der Waals surface area (Å²) in [4.78, 5) is 0. The lowest BCUT2D eigenvalue weighted by atomic mass is 9.60. The van der Waals surface area contributed by atoms with Crippen molar-refractivity contribution in [2.45, 2.75) is 89.3 Å². The molecule has 0 amide bonds. The Hall–Kier alpha value is -0.170. The highest BCUT2D eigenvalue weighted by atomic mass is 32.2. The molecule has 0 aliphatic heterocycles. The molecule has 0 aromatic carbocycles. The van der Waals surface area contributed by atoms with Gasteiger partial charge in [-0.15, -0.1) is 0 Å². The van der Waals surface area contributed by atoms with Crippen LogP contribution in [0.15, 0.2) is 0 Å². The Morgan fingerprint density at radius 3 is 2.21 bits per heavy atom. The smallest absolute Gasteiger partial charge is 0.281 e. The maximum absolute atomic E-state index is 13.2. The second-order valence-electron chi connectivity index (χ2n) is 7.97. The van der Waals surface area contributed by atoms with Crippen molar-refractivity contribution < 1.29 is 13.2 Å². The van der Waals surface area contributed by atoms with Gasteiger partial charge >= 0.3 is 0 Å². The second kappa shape index (κ2) is 7.22. The van der Waals surface area contributed by atoms with Gasteiger partial charge < -0.3 is 4.74 Å². The highest BCUT2D eigenvalue weighted by molar-refractivity contribution is 7.86. The van der Waals surface area contributed by atoms with Gasteiger partial charge in [-0.2, -0.15) is 17.0 Å². The van der Waals surface area contributed by atoms with E-state index in [2.05, 4.69) is 0 Å². The SMILES string of the molecule is CCO[C@H]1C[C@@H](N(C)S(=O)(=O)N(C)C2CCCCC2)C12CCCC2. The summed E-state index contributed by atoms with van der Waals surface area (Å²) in [5.74, 6) is 0. The van der Waals surface area contributed by atoms with Gasteiger partial charge in [-0.3, -0.25) is 0 Å². The fourth-order valence-electron chi connectivity index (χ4n) is 5.36. The molecule has 0 N–H and O–H groups in total. The highest BCUT2D eigenvalue weighted by Crippen LogP contribution is 2.57. The van der Waals surface area contributed by atoms with E-state index >= 15 is 0 Å². The number of hydrogen-bond donors (Lipinski definition) is 0. The highest BCUT2D eigenvalue weighted by Gasteiger charge is 2.60. The molecule has 0 radical (unpaired) electrons. The first kappa shape index (κ1) is 18.6. The first-order valence-electron chi connectivity index (χ1n) is 9.76. The van der Waals surface area contributed by atoms with Crippen molar-refractivity contribution in [1.29, 1.82) is 0 Å². The molecule has 6 heteroatoms. The van der Waals surface area contributed by atoms with E-state index in [0.29, 0.717) is 0 Å². The van der Waals surface area contributed by atoms with Crippen molar-refractivity contribution in [3.8, 4) is 0 Å². The Labute approximate surface area is 147 Å². The molecule has 3 fully saturated rings. The summed E-state index contributed by atoms with van der Waals surface area (Å²) in [7, 11) is 0.183. The lowest BCUT2D eigenvalue weighted by Crippen LogP contribution is -2.65. The monoisotopic (exact) mass is 358 g/mol. The van der Waals surface area contributed by atoms with E-state index < -0.39 is 10.2 Å². The Balaban J connectivity index is 1.73. The van der Waals surface area contributed by atoms with Gasteiger partial charge in [-0.25, -0.2) is 0 Å². The van der Waals surface area contributed by atoms with Crippen LogP contribution in [-0.4, -0.2) is 55.9 Å². The number of rotatable bonds is 6. The molecular formula is C18H34N2O3S. The van der Waals surface area contributed by atoms with E-state index in [1.54, 1.807) is 22.7 Å². The maximum Gasteiger partial charge on any atom is 0.281 e. The standard InChI is InChI=1S/C18H34N2O3S/c1-4-23-17-14-16(18(17)12-8-9-13-18)20(3)24(21,22)19(2)15-10-6-5-7-11-15/h15-17H,4-14H2,1-3H3/t16-,17+/m1/s1. The summed E-state index contributed by atoms with van der Waals surface area (Å²) in [6.07, 6.45) is 11.2. The number of hydrogen-bond acceptors (Lipinski definition) is 3. The molecule has 140 valence electrons. The maximum atomic E-state index is 13.2. The van der Waals surface area contributed by atoms with E-state index in [0.717, 1.165) is 51.6 Å². The van der Waals surface area contributed by atoms with Gasteiger partial charge in [0, 0.05) is 38.2 Å². The molecular weight excluding hydrogens is 324 g/mol. The van der Waals surface area contributed by atoms with Crippen LogP contribution in [0.3, 0.4) is 0 Å². The predicted molar refractivity (Wildman–Crippen MR) is 96.0 cm³/mol. The van der Waals surface area contributed by atoms with Crippen LogP contribution in [0.25, 0.3) is 0 Å². The van der Waals surface area contributed by atoms with Gasteiger partial charge in [-0.05, 0) is 39.0 Å². The Kier molecular flexibility index (Phi) is 5.60. The average Bonchev–Trinajstić information content (AvgIpc) is 3.10. The Morgan fingerprint density at radius 2 is 1.62 bits per heavy atom. The largest absolute Gasteiger partial charge is 0.378 e. The molecule has 5 nitrogen and oxygen atoms in total. The third kappa shape index (κ3) is 3.04. The molecule has 0 unspecified atom stereocenters. The fraction of sp³-hybridized carbons (Fsp3) is 1.00. The summed E-state index contributed by atoms with van der Waals surface area (Å²) >= 11 is 0. The van der Waals surface area contributed by atoms with Gasteiger partial charge in [0.05, 0.1) is 6.10 Å². The van der Waals surface area contributed by atoms with Crippen LogP contribution >= 0.6 is 0 Å². The van der Waals surface area contributed by atoms with Crippen molar-refractivity contribution in [1.82, 2.24) is 8.61 Å². The fourth-order valence-corrected chi connectivity index (χ4v) is 6.97. The van der Waals surface area contributed by atoms with Crippen LogP contribution < -0.4 is 0 Å². The van der Waals surface area contributed by atoms with Crippen molar-refractivity contribution >= 4 is 10.2 Å². The Morgan fingerprint density at radius 1 is 1.00 bits per heavy atom. The van der Waals surface area contributed by atoms with Gasteiger partial charge in [0.1, 0.15) is 0 Å². The molecule has 3 aliphatic carbocycles. The van der Waals surface area contributed by atoms with Crippen LogP contribution in [0.4, 0.5) is 0 Å². The minimum Gasteiger partial charge on any atom is -0.378 e. The van der Waals surface area contributed by atoms with E-state index in [4.69, 9.17) is 4.74 Å². The number of nitrogens with zero attached hydrogens (tertiary/aromatic N) is 2. The summed E-state index contributed by atoms with van der Waals surface area (Å²) in [5.41, 5.74) is 0.0607. The first-order valence-corrected chi connectivity index (χ1v) is 11.2. The van der Waals surface area contributed by atoms with Gasteiger partial charge in [0.2, 0.25) is 0 Å². The first-order chi connectivity index (χ1) is 11.4. The quantitative estimate of drug-likeness (QED) is 0.733. The minimum absolute atomic E-state index is 0.0607. The van der Waals surface area contributed by atoms with Crippen LogP contribution in [0.2, 0.25) is 0 Å². The van der Waals surface area contributed by atoms with Crippen molar-refractivity contribution in [3.05, 3.63) is 0 Å². The summed E-state index contributed by atoms with van der Waals surface area (Å²) in [6, 6.07) is 0.279. The molecule has 0 bridgehead atoms. The molecule has 0 saturated heterocycles. The lowest BCUT2D eigenvalue weighted by Gasteiger charge is -2.56. The minimum atomic E-state index is -3.39. The molecule has 3 aliphatic rings. The summed E-state index contributed by atoms with van der Waals surface area (Å²) in [5, 5.41) is 0. The second-order valence-corrected chi connectivity index (χ2v) is 10.0. The zero-order valence-electron chi connectivity index (χ0n) is 15.5. The van der Waals surface area contributed by atoms with Crippen LogP contribution in [-0.2, 0) is 14.9 Å². The van der Waals surface area contributed by atoms with Crippen molar-refractivity contribution in [3.63, 3.8) is 0 Å². The molecule has 3 saturated carbocycles. The molecule has 24 heavy (non-hydrogen) atoms. The molecule has 0 aromatic heterocycles. The lowest BCUT2D eigenvalue weighted by molar-refractivity contribution is -0.146. The zero-order chi connectivity index (χ0) is 17.4. The predicted octanol–water partition coefficient (Wildman–Crippen LogP) is 3.17. The van der Waals surface area contributed by atoms with Crippen LogP contribution in [0.5, 0.6) is 0 Å². The van der Waals surface area contributed by atoms with Crippen LogP contribution in [0.1, 0.15) is 71.1 Å². The van der Waals surface area contributed by atoms with Gasteiger partial charge in [0.25, 0.3) is 10.2 Å². The zero-order valence-corrected chi connectivity index (χ0v) is 16.4. The van der Waals surface area contributed by atoms with E-state index in [1.807, 2.05) is 6.92 Å². The van der Waals surface area contributed by atoms with Crippen molar-refractivity contribution in [2.75, 3.05) is 20.7 Å². The molecule has 0 heterocycles. The van der Waals surface area contributed by atoms with E-state index in [-0.39, 0.29) is 23.6 Å². The van der Waals surface area contributed by atoms with Crippen LogP contribution in [0, 0.1) is 5.41 Å². The third-order valence-corrected chi connectivity index (χ3v) is 8.91. The molecule has 2 atom stereocenters.